The lowest BCUT2D eigenvalue weighted by Crippen LogP contribution is -2.14. The number of hydrogen-bond donors (Lipinski definition) is 1. The topological polar surface area (TPSA) is 98.9 Å². The number of para-hydroxylation sites is 1. The number of anilines is 1. The Morgan fingerprint density at radius 1 is 0.884 bits per heavy atom. The molecule has 0 unspecified atom stereocenters. The maximum absolute atomic E-state index is 13.9. The summed E-state index contributed by atoms with van der Waals surface area (Å²) >= 11 is 1.17. The van der Waals surface area contributed by atoms with Crippen molar-refractivity contribution < 1.29 is 17.6 Å². The van der Waals surface area contributed by atoms with Crippen molar-refractivity contribution in [3.05, 3.63) is 121 Å². The van der Waals surface area contributed by atoms with Gasteiger partial charge in [-0.05, 0) is 66.6 Å². The van der Waals surface area contributed by atoms with Gasteiger partial charge < -0.3 is 5.32 Å². The largest absolute Gasteiger partial charge is 0.325 e. The van der Waals surface area contributed by atoms with E-state index in [1.807, 2.05) is 36.4 Å². The summed E-state index contributed by atoms with van der Waals surface area (Å²) in [6.45, 7) is 2.07. The summed E-state index contributed by atoms with van der Waals surface area (Å²) in [6.07, 6.45) is 2.43. The number of thioether (sulfide) groups is 1. The van der Waals surface area contributed by atoms with Gasteiger partial charge in [0.15, 0.2) is 11.0 Å². The number of benzene rings is 4. The number of rotatable bonds is 9. The van der Waals surface area contributed by atoms with Gasteiger partial charge in [0.1, 0.15) is 5.82 Å². The zero-order chi connectivity index (χ0) is 30.0. The fraction of sp³-hybridized carbons (Fsp3) is 0.0938. The van der Waals surface area contributed by atoms with E-state index in [2.05, 4.69) is 22.4 Å². The van der Waals surface area contributed by atoms with Crippen LogP contribution in [0.4, 0.5) is 10.1 Å². The molecule has 0 radical (unpaired) electrons. The van der Waals surface area contributed by atoms with Crippen LogP contribution in [0.1, 0.15) is 12.5 Å². The smallest absolute Gasteiger partial charge is 0.268 e. The molecule has 0 fully saturated rings. The fourth-order valence-corrected chi connectivity index (χ4v) is 6.89. The normalized spacial score (nSPS) is 11.6. The third kappa shape index (κ3) is 5.69. The highest BCUT2D eigenvalue weighted by atomic mass is 32.2. The van der Waals surface area contributed by atoms with Gasteiger partial charge in [0, 0.05) is 28.5 Å². The van der Waals surface area contributed by atoms with Crippen molar-refractivity contribution in [1.29, 1.82) is 0 Å². The lowest BCUT2D eigenvalue weighted by atomic mass is 10.1. The lowest BCUT2D eigenvalue weighted by Gasteiger charge is -2.10. The number of aryl methyl sites for hydroxylation is 1. The molecule has 216 valence electrons. The van der Waals surface area contributed by atoms with Gasteiger partial charge in [0.2, 0.25) is 5.91 Å². The molecular formula is C32H26FN5O3S2. The molecule has 1 N–H and O–H groups in total. The van der Waals surface area contributed by atoms with Crippen LogP contribution in [0.25, 0.3) is 28.0 Å². The molecule has 6 aromatic rings. The van der Waals surface area contributed by atoms with Gasteiger partial charge in [-0.15, -0.1) is 10.2 Å². The van der Waals surface area contributed by atoms with Crippen molar-refractivity contribution in [2.24, 2.45) is 0 Å². The molecule has 2 aromatic heterocycles. The molecule has 1 amide bonds. The third-order valence-corrected chi connectivity index (χ3v) is 9.53. The number of hydrogen-bond acceptors (Lipinski definition) is 6. The summed E-state index contributed by atoms with van der Waals surface area (Å²) < 4.78 is 44.2. The van der Waals surface area contributed by atoms with E-state index < -0.39 is 15.8 Å². The minimum Gasteiger partial charge on any atom is -0.325 e. The Hall–Kier alpha value is -4.74. The molecule has 0 atom stereocenters. The fourth-order valence-electron chi connectivity index (χ4n) is 4.74. The molecule has 0 aliphatic rings. The summed E-state index contributed by atoms with van der Waals surface area (Å²) in [5.74, 6) is -0.247. The molecule has 0 saturated carbocycles. The van der Waals surface area contributed by atoms with E-state index in [1.54, 1.807) is 59.2 Å². The lowest BCUT2D eigenvalue weighted by molar-refractivity contribution is -0.113. The van der Waals surface area contributed by atoms with Gasteiger partial charge in [0.05, 0.1) is 16.2 Å². The summed E-state index contributed by atoms with van der Waals surface area (Å²) in [5.41, 5.74) is 3.40. The van der Waals surface area contributed by atoms with Crippen molar-refractivity contribution in [1.82, 2.24) is 18.7 Å². The second kappa shape index (κ2) is 11.9. The molecular weight excluding hydrogens is 586 g/mol. The molecule has 0 saturated heterocycles. The quantitative estimate of drug-likeness (QED) is 0.186. The van der Waals surface area contributed by atoms with Crippen LogP contribution in [-0.2, 0) is 21.2 Å². The minimum absolute atomic E-state index is 0.0407. The van der Waals surface area contributed by atoms with Gasteiger partial charge in [-0.25, -0.2) is 16.8 Å². The summed E-state index contributed by atoms with van der Waals surface area (Å²) in [7, 11) is -3.93. The van der Waals surface area contributed by atoms with Crippen molar-refractivity contribution in [2.45, 2.75) is 23.4 Å². The maximum atomic E-state index is 13.9. The molecule has 0 bridgehead atoms. The maximum Gasteiger partial charge on any atom is 0.268 e. The standard InChI is InChI=1S/C32H26FN5O3S2/c1-2-22-12-16-24(17-13-22)34-30(39)21-42-32-36-35-31(38(32)25-18-14-23(33)15-19-25)28-20-37(29-11-7-6-10-27(28)29)43(40,41)26-8-4-3-5-9-26/h3-20H,2,21H2,1H3,(H,34,39). The SMILES string of the molecule is CCc1ccc(NC(=O)CSc2nnc(-c3cn(S(=O)(=O)c4ccccc4)c4ccccc34)n2-c2ccc(F)cc2)cc1. The number of nitrogens with zero attached hydrogens (tertiary/aromatic N) is 4. The first kappa shape index (κ1) is 28.4. The van der Waals surface area contributed by atoms with Crippen molar-refractivity contribution in [2.75, 3.05) is 11.1 Å². The van der Waals surface area contributed by atoms with Crippen LogP contribution >= 0.6 is 11.8 Å². The first-order valence-corrected chi connectivity index (χ1v) is 15.9. The molecule has 0 aliphatic carbocycles. The highest BCUT2D eigenvalue weighted by molar-refractivity contribution is 7.99. The molecule has 0 spiro atoms. The Labute approximate surface area is 252 Å². The Kier molecular flexibility index (Phi) is 7.83. The van der Waals surface area contributed by atoms with E-state index >= 15 is 0 Å². The summed E-state index contributed by atoms with van der Waals surface area (Å²) in [5, 5.41) is 12.7. The Morgan fingerprint density at radius 3 is 2.30 bits per heavy atom. The number of nitrogens with one attached hydrogen (secondary N) is 1. The molecule has 0 aliphatic heterocycles. The molecule has 4 aromatic carbocycles. The Morgan fingerprint density at radius 2 is 1.58 bits per heavy atom. The Bertz CT molecular complexity index is 2020. The molecule has 11 heteroatoms. The van der Waals surface area contributed by atoms with Crippen LogP contribution < -0.4 is 5.32 Å². The first-order chi connectivity index (χ1) is 20.8. The second-order valence-corrected chi connectivity index (χ2v) is 12.4. The first-order valence-electron chi connectivity index (χ1n) is 13.5. The number of amides is 1. The van der Waals surface area contributed by atoms with Crippen LogP contribution in [0.3, 0.4) is 0 Å². The monoisotopic (exact) mass is 611 g/mol. The van der Waals surface area contributed by atoms with Gasteiger partial charge >= 0.3 is 0 Å². The summed E-state index contributed by atoms with van der Waals surface area (Å²) in [6, 6.07) is 28.8. The Balaban J connectivity index is 1.40. The van der Waals surface area contributed by atoms with Gasteiger partial charge in [0.25, 0.3) is 10.0 Å². The average Bonchev–Trinajstić information content (AvgIpc) is 3.63. The molecule has 6 rings (SSSR count). The van der Waals surface area contributed by atoms with Crippen LogP contribution in [0.2, 0.25) is 0 Å². The highest BCUT2D eigenvalue weighted by Crippen LogP contribution is 2.35. The number of carbonyl (C=O) groups is 1. The average molecular weight is 612 g/mol. The third-order valence-electron chi connectivity index (χ3n) is 6.92. The van der Waals surface area contributed by atoms with Crippen molar-refractivity contribution >= 4 is 44.3 Å². The zero-order valence-electron chi connectivity index (χ0n) is 23.0. The van der Waals surface area contributed by atoms with Crippen LogP contribution in [0.5, 0.6) is 0 Å². The number of halogens is 1. The number of fused-ring (bicyclic) bond motifs is 1. The predicted molar refractivity (Wildman–Crippen MR) is 166 cm³/mol. The van der Waals surface area contributed by atoms with E-state index in [-0.39, 0.29) is 16.6 Å². The summed E-state index contributed by atoms with van der Waals surface area (Å²) in [4.78, 5) is 13.0. The van der Waals surface area contributed by atoms with Crippen LogP contribution in [-0.4, -0.2) is 38.8 Å². The second-order valence-electron chi connectivity index (χ2n) is 9.68. The van der Waals surface area contributed by atoms with Gasteiger partial charge in [-0.3, -0.25) is 9.36 Å². The number of aromatic nitrogens is 4. The number of carbonyl (C=O) groups excluding carboxylic acids is 1. The predicted octanol–water partition coefficient (Wildman–Crippen LogP) is 6.56. The van der Waals surface area contributed by atoms with Crippen LogP contribution in [0.15, 0.2) is 119 Å². The molecule has 2 heterocycles. The van der Waals surface area contributed by atoms with E-state index in [0.717, 1.165) is 6.42 Å². The molecule has 43 heavy (non-hydrogen) atoms. The van der Waals surface area contributed by atoms with Crippen molar-refractivity contribution in [3.63, 3.8) is 0 Å². The zero-order valence-corrected chi connectivity index (χ0v) is 24.6. The van der Waals surface area contributed by atoms with E-state index in [4.69, 9.17) is 0 Å². The highest BCUT2D eigenvalue weighted by Gasteiger charge is 2.25. The van der Waals surface area contributed by atoms with Gasteiger partial charge in [-0.1, -0.05) is 67.2 Å². The van der Waals surface area contributed by atoms with Crippen molar-refractivity contribution in [3.8, 4) is 17.1 Å². The van der Waals surface area contributed by atoms with Gasteiger partial charge in [-0.2, -0.15) is 0 Å². The minimum atomic E-state index is -3.93. The molecule has 8 nitrogen and oxygen atoms in total. The van der Waals surface area contributed by atoms with Crippen LogP contribution in [0, 0.1) is 5.82 Å². The van der Waals surface area contributed by atoms with E-state index in [0.29, 0.717) is 38.8 Å². The van der Waals surface area contributed by atoms with E-state index in [1.165, 1.54) is 39.6 Å². The van der Waals surface area contributed by atoms with E-state index in [9.17, 15) is 17.6 Å².